The molecule has 0 saturated heterocycles. The second-order valence-electron chi connectivity index (χ2n) is 4.00. The van der Waals surface area contributed by atoms with Crippen molar-refractivity contribution in [2.24, 2.45) is 0 Å². The van der Waals surface area contributed by atoms with E-state index < -0.39 is 0 Å². The summed E-state index contributed by atoms with van der Waals surface area (Å²) >= 11 is 0. The number of rotatable bonds is 3. The van der Waals surface area contributed by atoms with Gasteiger partial charge in [-0.2, -0.15) is 0 Å². The summed E-state index contributed by atoms with van der Waals surface area (Å²) in [5.41, 5.74) is 2.60. The van der Waals surface area contributed by atoms with E-state index in [-0.39, 0.29) is 0 Å². The maximum Gasteiger partial charge on any atom is 0.212 e. The Kier molecular flexibility index (Phi) is 2.75. The lowest BCUT2D eigenvalue weighted by atomic mass is 10.2. The van der Waals surface area contributed by atoms with Crippen LogP contribution in [0.3, 0.4) is 0 Å². The number of fused-ring (bicyclic) bond motifs is 1. The van der Waals surface area contributed by atoms with Crippen molar-refractivity contribution in [1.82, 2.24) is 19.4 Å². The van der Waals surface area contributed by atoms with Gasteiger partial charge in [0.15, 0.2) is 0 Å². The van der Waals surface area contributed by atoms with Gasteiger partial charge in [-0.1, -0.05) is 0 Å². The minimum atomic E-state index is 0.586. The van der Waals surface area contributed by atoms with Crippen LogP contribution in [0.2, 0.25) is 0 Å². The van der Waals surface area contributed by atoms with Gasteiger partial charge in [0.05, 0.1) is 19.0 Å². The van der Waals surface area contributed by atoms with Crippen LogP contribution in [-0.4, -0.2) is 33.5 Å². The Bertz CT molecular complexity index is 705. The summed E-state index contributed by atoms with van der Waals surface area (Å²) in [6.45, 7) is 0. The van der Waals surface area contributed by atoms with Gasteiger partial charge in [-0.3, -0.25) is 4.40 Å². The highest BCUT2D eigenvalue weighted by molar-refractivity contribution is 5.63. The molecule has 0 amide bonds. The molecule has 0 spiro atoms. The van der Waals surface area contributed by atoms with Gasteiger partial charge in [-0.25, -0.2) is 15.0 Å². The molecule has 0 radical (unpaired) electrons. The second-order valence-corrected chi connectivity index (χ2v) is 4.00. The number of hydrogen-bond acceptors (Lipinski definition) is 5. The lowest BCUT2D eigenvalue weighted by Gasteiger charge is -2.02. The molecule has 19 heavy (non-hydrogen) atoms. The Labute approximate surface area is 110 Å². The maximum absolute atomic E-state index is 5.04. The van der Waals surface area contributed by atoms with Crippen molar-refractivity contribution in [3.8, 4) is 17.1 Å². The van der Waals surface area contributed by atoms with Crippen molar-refractivity contribution in [1.29, 1.82) is 0 Å². The van der Waals surface area contributed by atoms with E-state index in [1.54, 1.807) is 19.6 Å². The van der Waals surface area contributed by atoms with Gasteiger partial charge >= 0.3 is 0 Å². The monoisotopic (exact) mass is 255 g/mol. The van der Waals surface area contributed by atoms with Crippen LogP contribution in [0.5, 0.6) is 5.88 Å². The van der Waals surface area contributed by atoms with Crippen molar-refractivity contribution >= 4 is 11.5 Å². The van der Waals surface area contributed by atoms with Crippen molar-refractivity contribution < 1.29 is 4.74 Å². The summed E-state index contributed by atoms with van der Waals surface area (Å²) in [6, 6.07) is 5.66. The van der Waals surface area contributed by atoms with Crippen molar-refractivity contribution in [3.63, 3.8) is 0 Å². The topological polar surface area (TPSA) is 64.3 Å². The average Bonchev–Trinajstić information content (AvgIpc) is 2.89. The molecule has 0 aromatic carbocycles. The molecule has 0 aliphatic rings. The molecule has 3 rings (SSSR count). The number of anilines is 1. The number of aromatic nitrogens is 4. The first-order valence-corrected chi connectivity index (χ1v) is 5.83. The van der Waals surface area contributed by atoms with E-state index in [1.165, 1.54) is 0 Å². The number of nitrogens with one attached hydrogen (secondary N) is 1. The summed E-state index contributed by atoms with van der Waals surface area (Å²) in [7, 11) is 3.43. The van der Waals surface area contributed by atoms with Crippen LogP contribution in [-0.2, 0) is 0 Å². The number of nitrogens with zero attached hydrogens (tertiary/aromatic N) is 4. The third-order valence-electron chi connectivity index (χ3n) is 2.85. The predicted molar refractivity (Wildman–Crippen MR) is 72.3 cm³/mol. The Morgan fingerprint density at radius 3 is 2.84 bits per heavy atom. The smallest absolute Gasteiger partial charge is 0.212 e. The number of imidazole rings is 1. The molecular formula is C13H13N5O. The molecule has 0 bridgehead atoms. The van der Waals surface area contributed by atoms with E-state index in [2.05, 4.69) is 20.3 Å². The quantitative estimate of drug-likeness (QED) is 0.773. The fourth-order valence-corrected chi connectivity index (χ4v) is 1.82. The minimum Gasteiger partial charge on any atom is -0.481 e. The molecule has 0 aliphatic carbocycles. The molecule has 3 aromatic heterocycles. The van der Waals surface area contributed by atoms with Crippen LogP contribution in [0, 0.1) is 0 Å². The van der Waals surface area contributed by atoms with E-state index in [0.29, 0.717) is 5.88 Å². The zero-order valence-corrected chi connectivity index (χ0v) is 10.7. The molecule has 6 nitrogen and oxygen atoms in total. The lowest BCUT2D eigenvalue weighted by molar-refractivity contribution is 0.398. The van der Waals surface area contributed by atoms with Crippen LogP contribution < -0.4 is 10.1 Å². The average molecular weight is 255 g/mol. The summed E-state index contributed by atoms with van der Waals surface area (Å²) in [4.78, 5) is 13.0. The van der Waals surface area contributed by atoms with Crippen LogP contribution in [0.15, 0.2) is 36.9 Å². The van der Waals surface area contributed by atoms with Crippen LogP contribution in [0.1, 0.15) is 0 Å². The first kappa shape index (κ1) is 11.5. The number of ether oxygens (including phenoxy) is 1. The molecule has 1 N–H and O–H groups in total. The van der Waals surface area contributed by atoms with E-state index >= 15 is 0 Å². The van der Waals surface area contributed by atoms with E-state index in [1.807, 2.05) is 35.8 Å². The highest BCUT2D eigenvalue weighted by Crippen LogP contribution is 2.20. The van der Waals surface area contributed by atoms with Gasteiger partial charge in [0, 0.05) is 30.9 Å². The highest BCUT2D eigenvalue weighted by Gasteiger charge is 2.05. The zero-order valence-electron chi connectivity index (χ0n) is 10.7. The molecular weight excluding hydrogens is 242 g/mol. The summed E-state index contributed by atoms with van der Waals surface area (Å²) in [6.07, 6.45) is 5.36. The van der Waals surface area contributed by atoms with E-state index in [4.69, 9.17) is 4.74 Å². The van der Waals surface area contributed by atoms with Gasteiger partial charge in [0.1, 0.15) is 17.8 Å². The van der Waals surface area contributed by atoms with Crippen molar-refractivity contribution in [3.05, 3.63) is 36.9 Å². The number of pyridine rings is 1. The molecule has 0 fully saturated rings. The fourth-order valence-electron chi connectivity index (χ4n) is 1.82. The second kappa shape index (κ2) is 4.56. The number of methoxy groups -OCH3 is 1. The van der Waals surface area contributed by atoms with Crippen molar-refractivity contribution in [2.75, 3.05) is 19.5 Å². The Balaban J connectivity index is 2.03. The molecule has 6 heteroatoms. The summed E-state index contributed by atoms with van der Waals surface area (Å²) in [5.74, 6) is 1.40. The van der Waals surface area contributed by atoms with Gasteiger partial charge in [0.2, 0.25) is 5.88 Å². The normalized spacial score (nSPS) is 10.6. The Morgan fingerprint density at radius 1 is 1.26 bits per heavy atom. The number of hydrogen-bond donors (Lipinski definition) is 1. The summed E-state index contributed by atoms with van der Waals surface area (Å²) in [5, 5.41) is 3.00. The predicted octanol–water partition coefficient (Wildman–Crippen LogP) is 1.84. The van der Waals surface area contributed by atoms with Crippen molar-refractivity contribution in [2.45, 2.75) is 0 Å². The molecule has 0 saturated carbocycles. The first-order chi connectivity index (χ1) is 9.30. The zero-order chi connectivity index (χ0) is 13.2. The van der Waals surface area contributed by atoms with Gasteiger partial charge < -0.3 is 10.1 Å². The van der Waals surface area contributed by atoms with E-state index in [9.17, 15) is 0 Å². The third-order valence-corrected chi connectivity index (χ3v) is 2.85. The standard InChI is InChI=1S/C13H13N5O/c1-14-11-7-18-8-16-10(5-12(18)17-11)9-3-4-13(19-2)15-6-9/h3-8,14H,1-2H3. The first-order valence-electron chi connectivity index (χ1n) is 5.83. The Morgan fingerprint density at radius 2 is 2.16 bits per heavy atom. The third kappa shape index (κ3) is 2.08. The summed E-state index contributed by atoms with van der Waals surface area (Å²) < 4.78 is 6.90. The van der Waals surface area contributed by atoms with Gasteiger partial charge in [-0.15, -0.1) is 0 Å². The molecule has 0 aliphatic heterocycles. The molecule has 0 unspecified atom stereocenters. The van der Waals surface area contributed by atoms with Gasteiger partial charge in [0.25, 0.3) is 0 Å². The minimum absolute atomic E-state index is 0.586. The molecule has 3 heterocycles. The molecule has 96 valence electrons. The molecule has 3 aromatic rings. The fraction of sp³-hybridized carbons (Fsp3) is 0.154. The largest absolute Gasteiger partial charge is 0.481 e. The Hall–Kier alpha value is -2.63. The molecule has 0 atom stereocenters. The maximum atomic E-state index is 5.04. The van der Waals surface area contributed by atoms with Crippen LogP contribution in [0.25, 0.3) is 16.9 Å². The lowest BCUT2D eigenvalue weighted by Crippen LogP contribution is -1.91. The highest BCUT2D eigenvalue weighted by atomic mass is 16.5. The van der Waals surface area contributed by atoms with Gasteiger partial charge in [-0.05, 0) is 6.07 Å². The SMILES string of the molecule is CNc1cn2cnc(-c3ccc(OC)nc3)cc2n1. The van der Waals surface area contributed by atoms with E-state index in [0.717, 1.165) is 22.7 Å². The van der Waals surface area contributed by atoms with Crippen LogP contribution in [0.4, 0.5) is 5.82 Å². The van der Waals surface area contributed by atoms with Crippen LogP contribution >= 0.6 is 0 Å².